The fourth-order valence-corrected chi connectivity index (χ4v) is 12.2. The first-order valence-electron chi connectivity index (χ1n) is 35.8. The summed E-state index contributed by atoms with van der Waals surface area (Å²) in [5.41, 5.74) is 0. The second kappa shape index (κ2) is 52.8. The van der Waals surface area contributed by atoms with E-state index < -0.39 is 138 Å². The number of hydrogen-bond donors (Lipinski definition) is 12. The Balaban J connectivity index is 1.33. The van der Waals surface area contributed by atoms with Gasteiger partial charge in [0.2, 0.25) is 11.8 Å². The number of esters is 2. The van der Waals surface area contributed by atoms with Gasteiger partial charge in [0.05, 0.1) is 39.6 Å². The third kappa shape index (κ3) is 36.5. The van der Waals surface area contributed by atoms with E-state index in [4.69, 9.17) is 46.9 Å². The van der Waals surface area contributed by atoms with E-state index in [9.17, 15) is 74.8 Å². The van der Waals surface area contributed by atoms with Crippen molar-refractivity contribution in [3.05, 3.63) is 24.3 Å². The van der Waals surface area contributed by atoms with Crippen LogP contribution in [0.25, 0.3) is 0 Å². The zero-order valence-electron chi connectivity index (χ0n) is 57.6. The van der Waals surface area contributed by atoms with Gasteiger partial charge in [-0.05, 0) is 77.0 Å². The van der Waals surface area contributed by atoms with Gasteiger partial charge in [0, 0.05) is 45.4 Å². The molecule has 3 fully saturated rings. The van der Waals surface area contributed by atoms with Gasteiger partial charge >= 0.3 is 19.5 Å². The van der Waals surface area contributed by atoms with Gasteiger partial charge in [-0.25, -0.2) is 0 Å². The topological polar surface area (TPSA) is 404 Å². The number of allylic oxidation sites excluding steroid dienone is 4. The minimum atomic E-state index is -3.73. The summed E-state index contributed by atoms with van der Waals surface area (Å²) in [6.07, 6.45) is 12.9. The Kier molecular flexibility index (Phi) is 47.9. The average Bonchev–Trinajstić information content (AvgIpc) is 0.794. The van der Waals surface area contributed by atoms with Gasteiger partial charge in [-0.3, -0.25) is 23.7 Å². The number of carbonyl (C=O) groups is 4. The second-order valence-electron chi connectivity index (χ2n) is 25.5. The molecule has 0 aromatic carbocycles. The quantitative estimate of drug-likeness (QED) is 0.0152. The largest absolute Gasteiger partial charge is 0.462 e. The molecule has 3 heterocycles. The molecule has 0 radical (unpaired) electrons. The monoisotopic (exact) mass is 1400 g/mol. The predicted molar refractivity (Wildman–Crippen MR) is 355 cm³/mol. The van der Waals surface area contributed by atoms with Crippen LogP contribution in [-0.2, 0) is 70.7 Å². The molecule has 0 aromatic rings. The summed E-state index contributed by atoms with van der Waals surface area (Å²) in [5, 5.41) is 110. The Labute approximate surface area is 569 Å². The summed E-state index contributed by atoms with van der Waals surface area (Å²) < 4.78 is 69.0. The Morgan fingerprint density at radius 2 is 0.823 bits per heavy atom. The number of unbranched alkanes of at least 4 members (excludes halogenated alkanes) is 23. The molecule has 27 nitrogen and oxygen atoms in total. The number of ether oxygens (including phenoxy) is 8. The molecule has 17 atom stereocenters. The molecule has 7 unspecified atom stereocenters. The summed E-state index contributed by atoms with van der Waals surface area (Å²) in [4.78, 5) is 51.0. The molecule has 0 saturated carbocycles. The summed E-state index contributed by atoms with van der Waals surface area (Å²) >= 11 is 0. The summed E-state index contributed by atoms with van der Waals surface area (Å²) in [5.74, 6) is -1.62. The SMILES string of the molecule is CCCCCCCC/C=C\CCCCCCCC(=O)O[C@@H](COC(=O)CCCCCCC/C=C/CCCCCCCC)COP(C)(=O)OCCNC(=O)CCCCC(=O)NCCO[C@@H]1OC(CO)[C@@H](O[C@@H]2OC(CO)[C@H](O[C@H]3OC(CO)[C@H](O)[C@H](O)C3O)[C@H](O)C2O)[C@H](O)C1O. The maximum absolute atomic E-state index is 13.3. The van der Waals surface area contributed by atoms with Crippen LogP contribution in [0.2, 0.25) is 0 Å². The van der Waals surface area contributed by atoms with Crippen molar-refractivity contribution >= 4 is 31.3 Å². The number of amides is 2. The minimum Gasteiger partial charge on any atom is -0.462 e. The highest BCUT2D eigenvalue weighted by Gasteiger charge is 2.53. The molecule has 3 aliphatic rings. The molecular formula is C68H123N2O25P. The lowest BCUT2D eigenvalue weighted by molar-refractivity contribution is -0.379. The highest BCUT2D eigenvalue weighted by atomic mass is 31.2. The summed E-state index contributed by atoms with van der Waals surface area (Å²) in [6, 6.07) is 0. The Morgan fingerprint density at radius 3 is 1.29 bits per heavy atom. The molecule has 3 aliphatic heterocycles. The Hall–Kier alpha value is -3.13. The van der Waals surface area contributed by atoms with E-state index in [1.54, 1.807) is 0 Å². The van der Waals surface area contributed by atoms with Crippen molar-refractivity contribution < 1.29 is 122 Å². The van der Waals surface area contributed by atoms with Crippen molar-refractivity contribution in [1.82, 2.24) is 10.6 Å². The van der Waals surface area contributed by atoms with Crippen molar-refractivity contribution in [2.75, 3.05) is 66.0 Å². The van der Waals surface area contributed by atoms with Gasteiger partial charge in [-0.2, -0.15) is 0 Å². The standard InChI is InChI=1S/C68H123N2O25P/c1-4-6-8-10-12-14-16-18-20-22-24-26-28-30-32-38-55(76)87-47-49(90-56(77)39-33-31-29-27-25-23-21-19-17-15-13-11-9-7-5-2)48-89-96(3,85)88-43-41-70-54(75)37-35-34-36-53(74)69-40-42-86-66-62(83)59(80)64(51(45-72)92-66)95-68-63(84)60(81)65(52(46-73)93-68)94-67-61(82)58(79)57(78)50(44-71)91-67/h18-21,49-52,57-68,71-73,78-84H,4-17,22-48H2,1-3H3,(H,69,74)(H,70,75)/b20-18+,21-19-/t49-,50?,51?,52?,57-,58-,59+,60+,61?,62?,63?,64+,65-,66+,67+,68-,96?/m0/s1. The highest BCUT2D eigenvalue weighted by molar-refractivity contribution is 7.52. The molecule has 0 spiro atoms. The van der Waals surface area contributed by atoms with Crippen LogP contribution in [0.5, 0.6) is 0 Å². The predicted octanol–water partition coefficient (Wildman–Crippen LogP) is 5.63. The van der Waals surface area contributed by atoms with Gasteiger partial charge in [-0.15, -0.1) is 0 Å². The molecule has 3 saturated heterocycles. The lowest BCUT2D eigenvalue weighted by Crippen LogP contribution is -2.66. The van der Waals surface area contributed by atoms with E-state index in [1.165, 1.54) is 83.7 Å². The zero-order valence-corrected chi connectivity index (χ0v) is 58.5. The maximum Gasteiger partial charge on any atom is 0.327 e. The van der Waals surface area contributed by atoms with Gasteiger partial charge in [0.15, 0.2) is 25.0 Å². The Morgan fingerprint density at radius 1 is 0.438 bits per heavy atom. The molecule has 0 aliphatic carbocycles. The highest BCUT2D eigenvalue weighted by Crippen LogP contribution is 2.44. The fourth-order valence-electron chi connectivity index (χ4n) is 11.3. The van der Waals surface area contributed by atoms with Crippen molar-refractivity contribution in [2.24, 2.45) is 0 Å². The summed E-state index contributed by atoms with van der Waals surface area (Å²) in [7, 11) is -3.73. The van der Waals surface area contributed by atoms with Crippen molar-refractivity contribution in [3.8, 4) is 0 Å². The number of nitrogens with one attached hydrogen (secondary N) is 2. The summed E-state index contributed by atoms with van der Waals surface area (Å²) in [6.45, 7) is 2.16. The van der Waals surface area contributed by atoms with E-state index in [2.05, 4.69) is 48.8 Å². The maximum atomic E-state index is 13.3. The molecule has 96 heavy (non-hydrogen) atoms. The zero-order chi connectivity index (χ0) is 70.4. The van der Waals surface area contributed by atoms with Crippen LogP contribution >= 0.6 is 7.60 Å². The van der Waals surface area contributed by atoms with Crippen LogP contribution in [-0.4, -0.2) is 239 Å². The molecule has 12 N–H and O–H groups in total. The van der Waals surface area contributed by atoms with Crippen LogP contribution in [0.1, 0.15) is 219 Å². The van der Waals surface area contributed by atoms with Crippen LogP contribution in [0.4, 0.5) is 0 Å². The smallest absolute Gasteiger partial charge is 0.327 e. The minimum absolute atomic E-state index is 0.00501. The van der Waals surface area contributed by atoms with Crippen molar-refractivity contribution in [1.29, 1.82) is 0 Å². The van der Waals surface area contributed by atoms with Gasteiger partial charge < -0.3 is 109 Å². The number of rotatable bonds is 56. The van der Waals surface area contributed by atoms with Crippen LogP contribution in [0.3, 0.4) is 0 Å². The lowest BCUT2D eigenvalue weighted by Gasteiger charge is -2.48. The van der Waals surface area contributed by atoms with E-state index in [-0.39, 0.29) is 77.0 Å². The number of hydrogen-bond acceptors (Lipinski definition) is 25. The van der Waals surface area contributed by atoms with Gasteiger partial charge in [-0.1, -0.05) is 141 Å². The number of aliphatic hydroxyl groups excluding tert-OH is 10. The third-order valence-corrected chi connectivity index (χ3v) is 18.4. The molecule has 3 rings (SSSR count). The third-order valence-electron chi connectivity index (χ3n) is 17.1. The van der Waals surface area contributed by atoms with Crippen molar-refractivity contribution in [2.45, 2.75) is 318 Å². The average molecular weight is 1400 g/mol. The van der Waals surface area contributed by atoms with Gasteiger partial charge in [0.1, 0.15) is 79.9 Å². The molecule has 2 amide bonds. The van der Waals surface area contributed by atoms with E-state index in [0.717, 1.165) is 77.0 Å². The van der Waals surface area contributed by atoms with Crippen LogP contribution in [0.15, 0.2) is 24.3 Å². The number of carbonyl (C=O) groups excluding carboxylic acids is 4. The van der Waals surface area contributed by atoms with E-state index in [0.29, 0.717) is 25.7 Å². The molecule has 560 valence electrons. The molecule has 0 bridgehead atoms. The molecule has 0 aromatic heterocycles. The van der Waals surface area contributed by atoms with E-state index in [1.807, 2.05) is 0 Å². The normalized spacial score (nSPS) is 27.2. The van der Waals surface area contributed by atoms with Gasteiger partial charge in [0.25, 0.3) is 0 Å². The molecule has 28 heteroatoms. The molecular weight excluding hydrogens is 1280 g/mol. The Bertz CT molecular complexity index is 2150. The van der Waals surface area contributed by atoms with Crippen LogP contribution in [0, 0.1) is 0 Å². The first kappa shape index (κ1) is 87.1. The first-order valence-corrected chi connectivity index (χ1v) is 37.8. The van der Waals surface area contributed by atoms with Crippen molar-refractivity contribution in [3.63, 3.8) is 0 Å². The first-order chi connectivity index (χ1) is 46.3. The van der Waals surface area contributed by atoms with E-state index >= 15 is 0 Å². The lowest BCUT2D eigenvalue weighted by atomic mass is 9.96. The van der Waals surface area contributed by atoms with Crippen LogP contribution < -0.4 is 10.6 Å². The fraction of sp³-hybridized carbons (Fsp3) is 0.882. The second-order valence-corrected chi connectivity index (χ2v) is 27.5. The number of aliphatic hydroxyl groups is 10.